The van der Waals surface area contributed by atoms with Crippen LogP contribution >= 0.6 is 0 Å². The van der Waals surface area contributed by atoms with Gasteiger partial charge in [-0.15, -0.1) is 13.2 Å². The van der Waals surface area contributed by atoms with Crippen molar-refractivity contribution in [3.05, 3.63) is 49.2 Å². The van der Waals surface area contributed by atoms with Gasteiger partial charge < -0.3 is 16.2 Å². The highest BCUT2D eigenvalue weighted by Crippen LogP contribution is 1.98. The fourth-order valence-electron chi connectivity index (χ4n) is 0.618. The number of hydrogen-bond acceptors (Lipinski definition) is 3. The molecule has 3 heteroatoms. The molecule has 72 valence electrons. The summed E-state index contributed by atoms with van der Waals surface area (Å²) in [5.74, 6) is 0.579. The van der Waals surface area contributed by atoms with Gasteiger partial charge in [-0.3, -0.25) is 0 Å². The van der Waals surface area contributed by atoms with E-state index in [1.54, 1.807) is 24.3 Å². The predicted octanol–water partition coefficient (Wildman–Crippen LogP) is 1.76. The van der Waals surface area contributed by atoms with Gasteiger partial charge >= 0.3 is 0 Å². The maximum atomic E-state index is 5.48. The van der Waals surface area contributed by atoms with E-state index in [1.165, 1.54) is 0 Å². The number of allylic oxidation sites excluding steroid dienone is 4. The first-order valence-electron chi connectivity index (χ1n) is 4.01. The molecule has 0 saturated carbocycles. The number of ether oxygens (including phenoxy) is 1. The Hall–Kier alpha value is -1.64. The first-order valence-corrected chi connectivity index (χ1v) is 4.01. The molecule has 13 heavy (non-hydrogen) atoms. The fourth-order valence-corrected chi connectivity index (χ4v) is 0.618. The topological polar surface area (TPSA) is 61.3 Å². The third-order valence-electron chi connectivity index (χ3n) is 1.21. The number of hydrogen-bond donors (Lipinski definition) is 2. The summed E-state index contributed by atoms with van der Waals surface area (Å²) in [5.41, 5.74) is 11.0. The number of nitrogens with two attached hydrogens (primary N) is 2. The molecule has 0 aromatic rings. The largest absolute Gasteiger partial charge is 0.427 e. The van der Waals surface area contributed by atoms with Crippen molar-refractivity contribution in [2.75, 3.05) is 0 Å². The number of rotatable bonds is 6. The average Bonchev–Trinajstić information content (AvgIpc) is 2.11. The van der Waals surface area contributed by atoms with Crippen molar-refractivity contribution in [3.8, 4) is 0 Å². The van der Waals surface area contributed by atoms with Crippen LogP contribution in [0, 0.1) is 0 Å². The molecule has 0 rings (SSSR count). The standard InChI is InChI=1S/C10H16N2O/c1-3-5-7-9(11)13-10(12)8-6-4-2/h3-4,7-8H,1-2,5-6,11-12H2/b9-7+,10-8+. The Morgan fingerprint density at radius 1 is 1.00 bits per heavy atom. The van der Waals surface area contributed by atoms with Gasteiger partial charge in [-0.25, -0.2) is 0 Å². The Labute approximate surface area is 79.1 Å². The molecule has 0 aliphatic rings. The van der Waals surface area contributed by atoms with Crippen LogP contribution in [-0.2, 0) is 4.74 Å². The minimum atomic E-state index is 0.290. The van der Waals surface area contributed by atoms with Gasteiger partial charge in [0.1, 0.15) is 0 Å². The summed E-state index contributed by atoms with van der Waals surface area (Å²) in [6.45, 7) is 7.09. The summed E-state index contributed by atoms with van der Waals surface area (Å²) in [7, 11) is 0. The van der Waals surface area contributed by atoms with Crippen molar-refractivity contribution in [3.63, 3.8) is 0 Å². The van der Waals surface area contributed by atoms with Crippen LogP contribution in [-0.4, -0.2) is 0 Å². The molecular weight excluding hydrogens is 164 g/mol. The Bertz CT molecular complexity index is 205. The van der Waals surface area contributed by atoms with Crippen LogP contribution < -0.4 is 11.5 Å². The molecule has 0 radical (unpaired) electrons. The van der Waals surface area contributed by atoms with E-state index in [2.05, 4.69) is 13.2 Å². The molecule has 0 aliphatic carbocycles. The summed E-state index contributed by atoms with van der Waals surface area (Å²) in [6.07, 6.45) is 8.17. The second-order valence-electron chi connectivity index (χ2n) is 2.36. The van der Waals surface area contributed by atoms with Gasteiger partial charge in [0.05, 0.1) is 0 Å². The second kappa shape index (κ2) is 7.03. The third-order valence-corrected chi connectivity index (χ3v) is 1.21. The molecule has 0 spiro atoms. The smallest absolute Gasteiger partial charge is 0.189 e. The summed E-state index contributed by atoms with van der Waals surface area (Å²) in [6, 6.07) is 0. The normalized spacial score (nSPS) is 12.3. The van der Waals surface area contributed by atoms with Crippen LogP contribution in [0.1, 0.15) is 12.8 Å². The lowest BCUT2D eigenvalue weighted by Crippen LogP contribution is -2.08. The molecule has 3 nitrogen and oxygen atoms in total. The molecule has 0 aromatic heterocycles. The molecular formula is C10H16N2O. The van der Waals surface area contributed by atoms with Gasteiger partial charge in [-0.2, -0.15) is 0 Å². The maximum Gasteiger partial charge on any atom is 0.189 e. The third kappa shape index (κ3) is 6.75. The fraction of sp³-hybridized carbons (Fsp3) is 0.200. The van der Waals surface area contributed by atoms with Crippen LogP contribution in [0.5, 0.6) is 0 Å². The van der Waals surface area contributed by atoms with E-state index >= 15 is 0 Å². The first-order chi connectivity index (χ1) is 6.20. The lowest BCUT2D eigenvalue weighted by atomic mass is 10.4. The summed E-state index contributed by atoms with van der Waals surface area (Å²) < 4.78 is 5.04. The van der Waals surface area contributed by atoms with E-state index in [-0.39, 0.29) is 11.8 Å². The van der Waals surface area contributed by atoms with E-state index < -0.39 is 0 Å². The van der Waals surface area contributed by atoms with Crippen LogP contribution in [0.15, 0.2) is 49.2 Å². The minimum absolute atomic E-state index is 0.290. The average molecular weight is 180 g/mol. The van der Waals surface area contributed by atoms with Gasteiger partial charge in [0, 0.05) is 0 Å². The van der Waals surface area contributed by atoms with E-state index in [0.717, 1.165) is 0 Å². The lowest BCUT2D eigenvalue weighted by molar-refractivity contribution is 0.294. The van der Waals surface area contributed by atoms with E-state index in [9.17, 15) is 0 Å². The zero-order valence-electron chi connectivity index (χ0n) is 7.70. The molecule has 0 fully saturated rings. The highest BCUT2D eigenvalue weighted by molar-refractivity contribution is 4.99. The van der Waals surface area contributed by atoms with E-state index in [1.807, 2.05) is 0 Å². The van der Waals surface area contributed by atoms with Crippen molar-refractivity contribution in [1.29, 1.82) is 0 Å². The van der Waals surface area contributed by atoms with Crippen molar-refractivity contribution < 1.29 is 4.74 Å². The molecule has 0 unspecified atom stereocenters. The van der Waals surface area contributed by atoms with E-state index in [0.29, 0.717) is 12.8 Å². The van der Waals surface area contributed by atoms with Crippen molar-refractivity contribution >= 4 is 0 Å². The Kier molecular flexibility index (Phi) is 6.15. The second-order valence-corrected chi connectivity index (χ2v) is 2.36. The minimum Gasteiger partial charge on any atom is -0.427 e. The zero-order chi connectivity index (χ0) is 10.1. The van der Waals surface area contributed by atoms with Gasteiger partial charge in [0.25, 0.3) is 0 Å². The molecule has 4 N–H and O–H groups in total. The van der Waals surface area contributed by atoms with Crippen molar-refractivity contribution in [1.82, 2.24) is 0 Å². The quantitative estimate of drug-likeness (QED) is 0.483. The monoisotopic (exact) mass is 180 g/mol. The molecule has 0 bridgehead atoms. The van der Waals surface area contributed by atoms with Crippen molar-refractivity contribution in [2.24, 2.45) is 11.5 Å². The van der Waals surface area contributed by atoms with Crippen molar-refractivity contribution in [2.45, 2.75) is 12.8 Å². The highest BCUT2D eigenvalue weighted by atomic mass is 16.5. The van der Waals surface area contributed by atoms with Gasteiger partial charge in [-0.05, 0) is 25.0 Å². The lowest BCUT2D eigenvalue weighted by Gasteiger charge is -2.03. The summed E-state index contributed by atoms with van der Waals surface area (Å²) in [5, 5.41) is 0. The first kappa shape index (κ1) is 11.4. The molecule has 0 amide bonds. The maximum absolute atomic E-state index is 5.48. The summed E-state index contributed by atoms with van der Waals surface area (Å²) >= 11 is 0. The Morgan fingerprint density at radius 2 is 1.38 bits per heavy atom. The summed E-state index contributed by atoms with van der Waals surface area (Å²) in [4.78, 5) is 0. The highest BCUT2D eigenvalue weighted by Gasteiger charge is 1.91. The molecule has 0 aliphatic heterocycles. The Balaban J connectivity index is 3.95. The molecule has 0 saturated heterocycles. The Morgan fingerprint density at radius 3 is 1.69 bits per heavy atom. The SMILES string of the molecule is C=CC/C=C(\N)O/C(N)=C/CC=C. The molecule has 0 atom stereocenters. The van der Waals surface area contributed by atoms with Gasteiger partial charge in [0.15, 0.2) is 11.8 Å². The van der Waals surface area contributed by atoms with Crippen LogP contribution in [0.3, 0.4) is 0 Å². The van der Waals surface area contributed by atoms with Gasteiger partial charge in [-0.1, -0.05) is 12.2 Å². The molecule has 0 aromatic carbocycles. The van der Waals surface area contributed by atoms with Gasteiger partial charge in [0.2, 0.25) is 0 Å². The van der Waals surface area contributed by atoms with Crippen LogP contribution in [0.25, 0.3) is 0 Å². The van der Waals surface area contributed by atoms with Crippen LogP contribution in [0.2, 0.25) is 0 Å². The predicted molar refractivity (Wildman–Crippen MR) is 55.3 cm³/mol. The zero-order valence-corrected chi connectivity index (χ0v) is 7.70. The molecule has 0 heterocycles. The van der Waals surface area contributed by atoms with Crippen LogP contribution in [0.4, 0.5) is 0 Å². The van der Waals surface area contributed by atoms with E-state index in [4.69, 9.17) is 16.2 Å².